The van der Waals surface area contributed by atoms with Crippen molar-refractivity contribution in [3.8, 4) is 0 Å². The molecule has 0 aromatic carbocycles. The number of hydrogen-bond acceptors (Lipinski definition) is 4. The third-order valence-corrected chi connectivity index (χ3v) is 3.51. The molecule has 1 N–H and O–H groups in total. The van der Waals surface area contributed by atoms with Gasteiger partial charge in [-0.25, -0.2) is 0 Å². The van der Waals surface area contributed by atoms with Crippen molar-refractivity contribution in [1.29, 1.82) is 0 Å². The maximum atomic E-state index is 12.4. The van der Waals surface area contributed by atoms with Crippen molar-refractivity contribution >= 4 is 17.5 Å². The van der Waals surface area contributed by atoms with E-state index in [-0.39, 0.29) is 17.5 Å². The van der Waals surface area contributed by atoms with Crippen LogP contribution in [-0.2, 0) is 13.6 Å². The highest BCUT2D eigenvalue weighted by atomic mass is 16.2. The average Bonchev–Trinajstić information content (AvgIpc) is 3.07. The Balaban J connectivity index is 2.28. The molecule has 2 amide bonds. The average molecular weight is 318 g/mol. The Morgan fingerprint density at radius 3 is 2.61 bits per heavy atom. The van der Waals surface area contributed by atoms with Gasteiger partial charge in [0.2, 0.25) is 0 Å². The number of aromatic nitrogens is 4. The maximum absolute atomic E-state index is 12.4. The van der Waals surface area contributed by atoms with Crippen molar-refractivity contribution in [2.45, 2.75) is 26.8 Å². The van der Waals surface area contributed by atoms with Crippen LogP contribution < -0.4 is 5.32 Å². The number of rotatable bonds is 5. The first-order valence-electron chi connectivity index (χ1n) is 7.45. The van der Waals surface area contributed by atoms with Gasteiger partial charge >= 0.3 is 0 Å². The number of anilines is 1. The lowest BCUT2D eigenvalue weighted by Crippen LogP contribution is -2.24. The van der Waals surface area contributed by atoms with E-state index in [2.05, 4.69) is 15.5 Å². The summed E-state index contributed by atoms with van der Waals surface area (Å²) in [7, 11) is 5.02. The summed E-state index contributed by atoms with van der Waals surface area (Å²) < 4.78 is 3.29. The molecular formula is C15H22N6O2. The smallest absolute Gasteiger partial charge is 0.276 e. The lowest BCUT2D eigenvalue weighted by atomic mass is 10.2. The molecule has 0 spiro atoms. The van der Waals surface area contributed by atoms with E-state index in [1.165, 1.54) is 4.90 Å². The predicted octanol–water partition coefficient (Wildman–Crippen LogP) is 1.29. The zero-order valence-corrected chi connectivity index (χ0v) is 14.1. The van der Waals surface area contributed by atoms with Gasteiger partial charge in [0.15, 0.2) is 11.4 Å². The minimum atomic E-state index is -0.358. The van der Waals surface area contributed by atoms with E-state index in [1.807, 2.05) is 6.92 Å². The van der Waals surface area contributed by atoms with E-state index >= 15 is 0 Å². The Morgan fingerprint density at radius 2 is 2.00 bits per heavy atom. The number of carbonyl (C=O) groups is 2. The van der Waals surface area contributed by atoms with Gasteiger partial charge in [-0.3, -0.25) is 19.0 Å². The molecule has 124 valence electrons. The van der Waals surface area contributed by atoms with E-state index in [1.54, 1.807) is 49.7 Å². The van der Waals surface area contributed by atoms with Crippen LogP contribution in [0.1, 0.15) is 40.0 Å². The van der Waals surface area contributed by atoms with Gasteiger partial charge in [-0.05, 0) is 19.4 Å². The topological polar surface area (TPSA) is 85.0 Å². The monoisotopic (exact) mass is 318 g/mol. The van der Waals surface area contributed by atoms with Crippen molar-refractivity contribution < 1.29 is 9.59 Å². The Kier molecular flexibility index (Phi) is 4.83. The second kappa shape index (κ2) is 6.64. The Bertz CT molecular complexity index is 728. The minimum Gasteiger partial charge on any atom is -0.343 e. The van der Waals surface area contributed by atoms with Crippen LogP contribution in [0.4, 0.5) is 5.69 Å². The van der Waals surface area contributed by atoms with Gasteiger partial charge in [-0.15, -0.1) is 0 Å². The molecule has 8 heteroatoms. The highest BCUT2D eigenvalue weighted by molar-refractivity contribution is 6.07. The van der Waals surface area contributed by atoms with Crippen molar-refractivity contribution in [1.82, 2.24) is 24.5 Å². The number of hydrogen-bond donors (Lipinski definition) is 1. The van der Waals surface area contributed by atoms with Gasteiger partial charge in [0.05, 0.1) is 11.4 Å². The molecule has 0 fully saturated rings. The van der Waals surface area contributed by atoms with E-state index in [9.17, 15) is 9.59 Å². The molecular weight excluding hydrogens is 296 g/mol. The molecule has 0 radical (unpaired) electrons. The SMILES string of the molecule is CCCn1ccc(C(=O)Nc2c(C(=O)N(C)C)nn(C)c2C)n1. The van der Waals surface area contributed by atoms with Crippen LogP contribution in [-0.4, -0.2) is 50.4 Å². The van der Waals surface area contributed by atoms with Gasteiger partial charge in [0.25, 0.3) is 11.8 Å². The summed E-state index contributed by atoms with van der Waals surface area (Å²) in [6, 6.07) is 1.66. The molecule has 0 atom stereocenters. The first-order valence-corrected chi connectivity index (χ1v) is 7.45. The van der Waals surface area contributed by atoms with Crippen molar-refractivity contribution in [2.75, 3.05) is 19.4 Å². The van der Waals surface area contributed by atoms with Crippen LogP contribution >= 0.6 is 0 Å². The molecule has 0 saturated carbocycles. The van der Waals surface area contributed by atoms with Crippen molar-refractivity contribution in [3.63, 3.8) is 0 Å². The number of carbonyl (C=O) groups excluding carboxylic acids is 2. The van der Waals surface area contributed by atoms with E-state index in [4.69, 9.17) is 0 Å². The Hall–Kier alpha value is -2.64. The maximum Gasteiger partial charge on any atom is 0.276 e. The highest BCUT2D eigenvalue weighted by Gasteiger charge is 2.23. The van der Waals surface area contributed by atoms with Crippen LogP contribution in [0.3, 0.4) is 0 Å². The Labute approximate surface area is 135 Å². The molecule has 2 rings (SSSR count). The van der Waals surface area contributed by atoms with E-state index in [0.29, 0.717) is 17.1 Å². The number of nitrogens with zero attached hydrogens (tertiary/aromatic N) is 5. The van der Waals surface area contributed by atoms with Crippen LogP contribution in [0.15, 0.2) is 12.3 Å². The van der Waals surface area contributed by atoms with Gasteiger partial charge < -0.3 is 10.2 Å². The fourth-order valence-corrected chi connectivity index (χ4v) is 2.13. The molecule has 0 aliphatic heterocycles. The molecule has 0 bridgehead atoms. The van der Waals surface area contributed by atoms with Gasteiger partial charge in [0, 0.05) is 33.9 Å². The third-order valence-electron chi connectivity index (χ3n) is 3.51. The zero-order valence-electron chi connectivity index (χ0n) is 14.1. The first-order chi connectivity index (χ1) is 10.8. The van der Waals surface area contributed by atoms with Crippen LogP contribution in [0.2, 0.25) is 0 Å². The quantitative estimate of drug-likeness (QED) is 0.900. The summed E-state index contributed by atoms with van der Waals surface area (Å²) >= 11 is 0. The number of amides is 2. The summed E-state index contributed by atoms with van der Waals surface area (Å²) in [5, 5.41) is 11.2. The van der Waals surface area contributed by atoms with Crippen LogP contribution in [0.25, 0.3) is 0 Å². The van der Waals surface area contributed by atoms with Gasteiger partial charge in [-0.1, -0.05) is 6.92 Å². The summed E-state index contributed by atoms with van der Waals surface area (Å²) in [6.07, 6.45) is 2.70. The van der Waals surface area contributed by atoms with Crippen molar-refractivity contribution in [2.24, 2.45) is 7.05 Å². The molecule has 23 heavy (non-hydrogen) atoms. The third kappa shape index (κ3) is 3.41. The summed E-state index contributed by atoms with van der Waals surface area (Å²) in [6.45, 7) is 4.59. The highest BCUT2D eigenvalue weighted by Crippen LogP contribution is 2.21. The second-order valence-corrected chi connectivity index (χ2v) is 5.55. The Morgan fingerprint density at radius 1 is 1.30 bits per heavy atom. The van der Waals surface area contributed by atoms with E-state index < -0.39 is 0 Å². The van der Waals surface area contributed by atoms with Gasteiger partial charge in [0.1, 0.15) is 0 Å². The van der Waals surface area contributed by atoms with Crippen molar-refractivity contribution in [3.05, 3.63) is 29.3 Å². The largest absolute Gasteiger partial charge is 0.343 e. The number of aryl methyl sites for hydroxylation is 2. The molecule has 0 unspecified atom stereocenters. The fraction of sp³-hybridized carbons (Fsp3) is 0.467. The zero-order chi connectivity index (χ0) is 17.1. The molecule has 8 nitrogen and oxygen atoms in total. The molecule has 0 saturated heterocycles. The number of nitrogens with one attached hydrogen (secondary N) is 1. The summed E-state index contributed by atoms with van der Waals surface area (Å²) in [5.41, 5.74) is 1.65. The minimum absolute atomic E-state index is 0.219. The first kappa shape index (κ1) is 16.7. The van der Waals surface area contributed by atoms with Gasteiger partial charge in [-0.2, -0.15) is 10.2 Å². The predicted molar refractivity (Wildman–Crippen MR) is 86.4 cm³/mol. The summed E-state index contributed by atoms with van der Waals surface area (Å²) in [4.78, 5) is 26.0. The molecule has 2 aromatic heterocycles. The molecule has 2 heterocycles. The fourth-order valence-electron chi connectivity index (χ4n) is 2.13. The molecule has 2 aromatic rings. The molecule has 0 aliphatic rings. The lowest BCUT2D eigenvalue weighted by Gasteiger charge is -2.10. The standard InChI is InChI=1S/C15H22N6O2/c1-6-8-21-9-7-11(17-21)14(22)16-12-10(2)20(5)18-13(12)15(23)19(3)4/h7,9H,6,8H2,1-5H3,(H,16,22). The second-order valence-electron chi connectivity index (χ2n) is 5.55. The molecule has 0 aliphatic carbocycles. The lowest BCUT2D eigenvalue weighted by molar-refractivity contribution is 0.0822. The normalized spacial score (nSPS) is 10.7. The van der Waals surface area contributed by atoms with E-state index in [0.717, 1.165) is 13.0 Å². The van der Waals surface area contributed by atoms with Crippen LogP contribution in [0.5, 0.6) is 0 Å². The van der Waals surface area contributed by atoms with Crippen LogP contribution in [0, 0.1) is 6.92 Å². The summed E-state index contributed by atoms with van der Waals surface area (Å²) in [5.74, 6) is -0.621.